The van der Waals surface area contributed by atoms with Crippen molar-refractivity contribution in [1.29, 1.82) is 0 Å². The van der Waals surface area contributed by atoms with Gasteiger partial charge in [-0.25, -0.2) is 9.97 Å². The zero-order valence-electron chi connectivity index (χ0n) is 18.1. The number of benzene rings is 1. The second-order valence-corrected chi connectivity index (χ2v) is 8.81. The van der Waals surface area contributed by atoms with Crippen LogP contribution in [0.15, 0.2) is 30.5 Å². The van der Waals surface area contributed by atoms with Crippen LogP contribution in [-0.4, -0.2) is 42.9 Å². The van der Waals surface area contributed by atoms with E-state index in [1.54, 1.807) is 0 Å². The van der Waals surface area contributed by atoms with Gasteiger partial charge in [-0.3, -0.25) is 4.90 Å². The molecule has 1 atom stereocenters. The van der Waals surface area contributed by atoms with E-state index in [2.05, 4.69) is 49.2 Å². The number of nitrogen functional groups attached to an aromatic ring is 1. The quantitative estimate of drug-likeness (QED) is 0.668. The molecule has 1 aliphatic carbocycles. The molecule has 3 N–H and O–H groups in total. The third kappa shape index (κ3) is 4.07. The fraction of sp³-hybridized carbons (Fsp3) is 0.435. The van der Waals surface area contributed by atoms with E-state index in [9.17, 15) is 0 Å². The number of anilines is 3. The van der Waals surface area contributed by atoms with Crippen LogP contribution in [0, 0.1) is 13.8 Å². The lowest BCUT2D eigenvalue weighted by atomic mass is 9.77. The zero-order chi connectivity index (χ0) is 21.4. The molecule has 1 spiro atoms. The SMILES string of the molecule is Cc1cccc(Nc2nc(N)nc(CN3CCCC4(CCc5cnc(C)nc54)C3)n2)c1. The zero-order valence-corrected chi connectivity index (χ0v) is 18.1. The summed E-state index contributed by atoms with van der Waals surface area (Å²) in [6, 6.07) is 8.09. The van der Waals surface area contributed by atoms with Gasteiger partial charge >= 0.3 is 0 Å². The Kier molecular flexibility index (Phi) is 5.02. The fourth-order valence-electron chi connectivity index (χ4n) is 5.01. The standard InChI is InChI=1S/C23H28N8/c1-15-5-3-6-18(11-15)27-22-29-19(28-21(24)30-22)13-31-10-4-8-23(14-31)9-7-17-12-25-16(2)26-20(17)23/h3,5-6,11-12H,4,7-10,13-14H2,1-2H3,(H3,24,27,28,29,30). The van der Waals surface area contributed by atoms with E-state index in [4.69, 9.17) is 10.7 Å². The Morgan fingerprint density at radius 2 is 2.03 bits per heavy atom. The van der Waals surface area contributed by atoms with Gasteiger partial charge in [0.05, 0.1) is 12.2 Å². The van der Waals surface area contributed by atoms with Crippen LogP contribution < -0.4 is 11.1 Å². The second kappa shape index (κ2) is 7.85. The molecule has 0 saturated carbocycles. The molecule has 3 heterocycles. The van der Waals surface area contributed by atoms with Crippen molar-refractivity contribution in [3.63, 3.8) is 0 Å². The number of nitrogens with two attached hydrogens (primary N) is 1. The number of nitrogens with zero attached hydrogens (tertiary/aromatic N) is 6. The number of hydrogen-bond acceptors (Lipinski definition) is 8. The summed E-state index contributed by atoms with van der Waals surface area (Å²) in [6.45, 7) is 6.66. The van der Waals surface area contributed by atoms with Gasteiger partial charge in [0, 0.05) is 23.8 Å². The van der Waals surface area contributed by atoms with E-state index in [-0.39, 0.29) is 11.4 Å². The molecule has 1 fully saturated rings. The summed E-state index contributed by atoms with van der Waals surface area (Å²) in [5, 5.41) is 3.25. The van der Waals surface area contributed by atoms with E-state index in [1.807, 2.05) is 25.3 Å². The van der Waals surface area contributed by atoms with Gasteiger partial charge in [0.15, 0.2) is 0 Å². The smallest absolute Gasteiger partial charge is 0.232 e. The van der Waals surface area contributed by atoms with E-state index < -0.39 is 0 Å². The number of hydrogen-bond donors (Lipinski definition) is 2. The van der Waals surface area contributed by atoms with Crippen molar-refractivity contribution < 1.29 is 0 Å². The summed E-state index contributed by atoms with van der Waals surface area (Å²) in [6.07, 6.45) is 6.52. The van der Waals surface area contributed by atoms with Crippen molar-refractivity contribution in [2.24, 2.45) is 0 Å². The minimum absolute atomic E-state index is 0.114. The molecule has 3 aromatic rings. The molecular formula is C23H28N8. The second-order valence-electron chi connectivity index (χ2n) is 8.81. The number of aromatic nitrogens is 5. The average Bonchev–Trinajstić information content (AvgIpc) is 3.04. The highest BCUT2D eigenvalue weighted by atomic mass is 15.2. The first-order chi connectivity index (χ1) is 15.0. The van der Waals surface area contributed by atoms with Gasteiger partial charge < -0.3 is 11.1 Å². The van der Waals surface area contributed by atoms with Crippen LogP contribution in [-0.2, 0) is 18.4 Å². The molecule has 8 heteroatoms. The van der Waals surface area contributed by atoms with E-state index in [0.29, 0.717) is 18.3 Å². The van der Waals surface area contributed by atoms with E-state index in [1.165, 1.54) is 23.2 Å². The Labute approximate surface area is 182 Å². The highest BCUT2D eigenvalue weighted by Crippen LogP contribution is 2.44. The number of rotatable bonds is 4. The molecule has 31 heavy (non-hydrogen) atoms. The molecule has 8 nitrogen and oxygen atoms in total. The molecule has 1 unspecified atom stereocenters. The van der Waals surface area contributed by atoms with Crippen LogP contribution in [0.25, 0.3) is 0 Å². The Morgan fingerprint density at radius 3 is 2.90 bits per heavy atom. The van der Waals surface area contributed by atoms with Crippen LogP contribution >= 0.6 is 0 Å². The van der Waals surface area contributed by atoms with Crippen molar-refractivity contribution in [3.8, 4) is 0 Å². The highest BCUT2D eigenvalue weighted by Gasteiger charge is 2.43. The summed E-state index contributed by atoms with van der Waals surface area (Å²) < 4.78 is 0. The topological polar surface area (TPSA) is 106 Å². The third-order valence-electron chi connectivity index (χ3n) is 6.35. The molecule has 0 radical (unpaired) electrons. The fourth-order valence-corrected chi connectivity index (χ4v) is 5.01. The Balaban J connectivity index is 1.35. The maximum absolute atomic E-state index is 6.01. The molecule has 2 aromatic heterocycles. The molecule has 1 saturated heterocycles. The lowest BCUT2D eigenvalue weighted by Gasteiger charge is -2.40. The van der Waals surface area contributed by atoms with Gasteiger partial charge in [0.25, 0.3) is 0 Å². The number of piperidine rings is 1. The average molecular weight is 417 g/mol. The first-order valence-electron chi connectivity index (χ1n) is 10.9. The minimum Gasteiger partial charge on any atom is -0.368 e. The van der Waals surface area contributed by atoms with Crippen LogP contribution in [0.2, 0.25) is 0 Å². The highest BCUT2D eigenvalue weighted by molar-refractivity contribution is 5.54. The maximum atomic E-state index is 6.01. The number of aryl methyl sites for hydroxylation is 3. The van der Waals surface area contributed by atoms with Crippen molar-refractivity contribution in [3.05, 3.63) is 58.9 Å². The Morgan fingerprint density at radius 1 is 1.13 bits per heavy atom. The van der Waals surface area contributed by atoms with Crippen molar-refractivity contribution in [2.45, 2.75) is 51.5 Å². The van der Waals surface area contributed by atoms with Crippen molar-refractivity contribution in [1.82, 2.24) is 29.8 Å². The summed E-state index contributed by atoms with van der Waals surface area (Å²) >= 11 is 0. The summed E-state index contributed by atoms with van der Waals surface area (Å²) in [5.74, 6) is 2.27. The predicted octanol–water partition coefficient (Wildman–Crippen LogP) is 3.08. The number of nitrogens with one attached hydrogen (secondary N) is 1. The van der Waals surface area contributed by atoms with Crippen LogP contribution in [0.1, 0.15) is 47.7 Å². The van der Waals surface area contributed by atoms with Crippen LogP contribution in [0.4, 0.5) is 17.6 Å². The first-order valence-corrected chi connectivity index (χ1v) is 10.9. The van der Waals surface area contributed by atoms with Gasteiger partial charge in [-0.15, -0.1) is 0 Å². The molecule has 1 aromatic carbocycles. The van der Waals surface area contributed by atoms with Gasteiger partial charge in [0.2, 0.25) is 11.9 Å². The molecule has 0 bridgehead atoms. The predicted molar refractivity (Wildman–Crippen MR) is 120 cm³/mol. The maximum Gasteiger partial charge on any atom is 0.232 e. The number of likely N-dealkylation sites (tertiary alicyclic amines) is 1. The molecule has 160 valence electrons. The normalized spacial score (nSPS) is 20.7. The van der Waals surface area contributed by atoms with Crippen molar-refractivity contribution >= 4 is 17.6 Å². The van der Waals surface area contributed by atoms with Crippen LogP contribution in [0.5, 0.6) is 0 Å². The molecule has 1 aliphatic heterocycles. The van der Waals surface area contributed by atoms with Gasteiger partial charge in [-0.2, -0.15) is 15.0 Å². The lowest BCUT2D eigenvalue weighted by Crippen LogP contribution is -2.45. The van der Waals surface area contributed by atoms with E-state index >= 15 is 0 Å². The van der Waals surface area contributed by atoms with Crippen LogP contribution in [0.3, 0.4) is 0 Å². The lowest BCUT2D eigenvalue weighted by molar-refractivity contribution is 0.134. The summed E-state index contributed by atoms with van der Waals surface area (Å²) in [7, 11) is 0. The van der Waals surface area contributed by atoms with Crippen molar-refractivity contribution in [2.75, 3.05) is 24.1 Å². The molecule has 0 amide bonds. The summed E-state index contributed by atoms with van der Waals surface area (Å²) in [5.41, 5.74) is 10.8. The van der Waals surface area contributed by atoms with E-state index in [0.717, 1.165) is 43.9 Å². The number of fused-ring (bicyclic) bond motifs is 2. The largest absolute Gasteiger partial charge is 0.368 e. The Hall–Kier alpha value is -3.13. The van der Waals surface area contributed by atoms with Gasteiger partial charge in [-0.05, 0) is 69.3 Å². The monoisotopic (exact) mass is 416 g/mol. The van der Waals surface area contributed by atoms with Gasteiger partial charge in [-0.1, -0.05) is 12.1 Å². The molecule has 5 rings (SSSR count). The minimum atomic E-state index is 0.114. The molecule has 2 aliphatic rings. The third-order valence-corrected chi connectivity index (χ3v) is 6.35. The molecular weight excluding hydrogens is 388 g/mol. The first kappa shape index (κ1) is 19.8. The summed E-state index contributed by atoms with van der Waals surface area (Å²) in [4.78, 5) is 25.0. The Bertz CT molecular complexity index is 1110. The van der Waals surface area contributed by atoms with Gasteiger partial charge in [0.1, 0.15) is 11.6 Å².